The van der Waals surface area contributed by atoms with Crippen LogP contribution in [0, 0.1) is 0 Å². The van der Waals surface area contributed by atoms with Gasteiger partial charge in [0.25, 0.3) is 0 Å². The van der Waals surface area contributed by atoms with Crippen LogP contribution in [-0.4, -0.2) is 21.7 Å². The van der Waals surface area contributed by atoms with E-state index < -0.39 is 0 Å². The molecule has 1 atom stereocenters. The predicted octanol–water partition coefficient (Wildman–Crippen LogP) is 2.88. The van der Waals surface area contributed by atoms with Crippen LogP contribution < -0.4 is 5.32 Å². The molecular weight excluding hydrogens is 308 g/mol. The molecule has 1 aliphatic heterocycles. The van der Waals surface area contributed by atoms with Crippen molar-refractivity contribution in [1.29, 1.82) is 0 Å². The van der Waals surface area contributed by atoms with Crippen LogP contribution in [0.4, 0.5) is 0 Å². The van der Waals surface area contributed by atoms with Gasteiger partial charge in [-0.3, -0.25) is 4.98 Å². The summed E-state index contributed by atoms with van der Waals surface area (Å²) in [6, 6.07) is 3.78. The molecule has 1 unspecified atom stereocenters. The lowest BCUT2D eigenvalue weighted by molar-refractivity contribution is 0.250. The Balaban J connectivity index is 1.98. The third-order valence-electron chi connectivity index (χ3n) is 3.65. The summed E-state index contributed by atoms with van der Waals surface area (Å²) in [5.74, 6) is 1.20. The van der Waals surface area contributed by atoms with E-state index in [0.29, 0.717) is 17.4 Å². The second-order valence-corrected chi connectivity index (χ2v) is 5.58. The molecule has 0 aromatic carbocycles. The summed E-state index contributed by atoms with van der Waals surface area (Å²) in [7, 11) is 0. The Bertz CT molecular complexity index is 578. The number of rotatable bonds is 3. The van der Waals surface area contributed by atoms with Crippen molar-refractivity contribution in [2.24, 2.45) is 0 Å². The monoisotopic (exact) mass is 322 g/mol. The van der Waals surface area contributed by atoms with E-state index in [1.54, 1.807) is 6.20 Å². The summed E-state index contributed by atoms with van der Waals surface area (Å²) in [5, 5.41) is 7.55. The minimum absolute atomic E-state index is 0.160. The number of nitrogens with one attached hydrogen (secondary N) is 1. The van der Waals surface area contributed by atoms with Crippen LogP contribution in [0.2, 0.25) is 0 Å². The first-order chi connectivity index (χ1) is 9.25. The maximum absolute atomic E-state index is 5.47. The van der Waals surface area contributed by atoms with Crippen molar-refractivity contribution in [3.05, 3.63) is 28.7 Å². The predicted molar refractivity (Wildman–Crippen MR) is 74.4 cm³/mol. The van der Waals surface area contributed by atoms with Crippen molar-refractivity contribution < 1.29 is 4.52 Å². The minimum Gasteiger partial charge on any atom is -0.337 e. The molecular formula is C13H15BrN4O. The largest absolute Gasteiger partial charge is 0.337 e. The summed E-state index contributed by atoms with van der Waals surface area (Å²) >= 11 is 3.46. The molecule has 2 aromatic rings. The zero-order valence-electron chi connectivity index (χ0n) is 10.7. The number of hydrogen-bond acceptors (Lipinski definition) is 5. The molecule has 6 heteroatoms. The molecule has 0 bridgehead atoms. The van der Waals surface area contributed by atoms with Crippen LogP contribution in [0.5, 0.6) is 0 Å². The first kappa shape index (κ1) is 12.7. The Kier molecular flexibility index (Phi) is 3.36. The summed E-state index contributed by atoms with van der Waals surface area (Å²) in [5.41, 5.74) is 0.550. The molecule has 100 valence electrons. The SMILES string of the molecule is CCC1(c2nc(-c3ncccc3Br)no2)CCCN1. The fourth-order valence-electron chi connectivity index (χ4n) is 2.51. The van der Waals surface area contributed by atoms with Crippen molar-refractivity contribution >= 4 is 15.9 Å². The summed E-state index contributed by atoms with van der Waals surface area (Å²) in [4.78, 5) is 8.82. The van der Waals surface area contributed by atoms with E-state index in [4.69, 9.17) is 4.52 Å². The topological polar surface area (TPSA) is 63.8 Å². The van der Waals surface area contributed by atoms with Crippen LogP contribution in [-0.2, 0) is 5.54 Å². The first-order valence-electron chi connectivity index (χ1n) is 6.45. The Morgan fingerprint density at radius 3 is 3.11 bits per heavy atom. The molecule has 1 N–H and O–H groups in total. The molecule has 0 spiro atoms. The Hall–Kier alpha value is -1.27. The summed E-state index contributed by atoms with van der Waals surface area (Å²) in [6.07, 6.45) is 4.84. The molecule has 0 saturated carbocycles. The number of aromatic nitrogens is 3. The zero-order chi connectivity index (χ0) is 13.3. The highest BCUT2D eigenvalue weighted by molar-refractivity contribution is 9.10. The number of pyridine rings is 1. The highest BCUT2D eigenvalue weighted by Gasteiger charge is 2.39. The van der Waals surface area contributed by atoms with Crippen molar-refractivity contribution in [2.75, 3.05) is 6.54 Å². The first-order valence-corrected chi connectivity index (χ1v) is 7.24. The van der Waals surface area contributed by atoms with E-state index in [9.17, 15) is 0 Å². The second kappa shape index (κ2) is 5.02. The molecule has 3 heterocycles. The van der Waals surface area contributed by atoms with Gasteiger partial charge in [-0.2, -0.15) is 4.98 Å². The number of hydrogen-bond donors (Lipinski definition) is 1. The summed E-state index contributed by atoms with van der Waals surface area (Å²) in [6.45, 7) is 3.14. The van der Waals surface area contributed by atoms with Gasteiger partial charge in [-0.25, -0.2) is 0 Å². The van der Waals surface area contributed by atoms with Crippen LogP contribution in [0.1, 0.15) is 32.1 Å². The van der Waals surface area contributed by atoms with Gasteiger partial charge in [0.2, 0.25) is 11.7 Å². The third-order valence-corrected chi connectivity index (χ3v) is 4.29. The Labute approximate surface area is 119 Å². The average Bonchev–Trinajstić information content (AvgIpc) is 3.09. The van der Waals surface area contributed by atoms with Gasteiger partial charge < -0.3 is 9.84 Å². The lowest BCUT2D eigenvalue weighted by Crippen LogP contribution is -2.36. The van der Waals surface area contributed by atoms with Gasteiger partial charge in [0, 0.05) is 10.7 Å². The molecule has 0 radical (unpaired) electrons. The standard InChI is InChI=1S/C13H15BrN4O/c1-2-13(6-4-8-16-13)12-17-11(18-19-12)10-9(14)5-3-7-15-10/h3,5,7,16H,2,4,6,8H2,1H3. The number of nitrogens with zero attached hydrogens (tertiary/aromatic N) is 3. The molecule has 1 saturated heterocycles. The number of halogens is 1. The van der Waals surface area contributed by atoms with Crippen LogP contribution in [0.15, 0.2) is 27.3 Å². The maximum Gasteiger partial charge on any atom is 0.247 e. The van der Waals surface area contributed by atoms with E-state index in [1.165, 1.54) is 0 Å². The van der Waals surface area contributed by atoms with Crippen LogP contribution in [0.3, 0.4) is 0 Å². The van der Waals surface area contributed by atoms with Gasteiger partial charge in [0.1, 0.15) is 5.69 Å². The highest BCUT2D eigenvalue weighted by Crippen LogP contribution is 2.34. The van der Waals surface area contributed by atoms with Gasteiger partial charge in [0.15, 0.2) is 0 Å². The molecule has 2 aromatic heterocycles. The van der Waals surface area contributed by atoms with E-state index >= 15 is 0 Å². The van der Waals surface area contributed by atoms with Gasteiger partial charge >= 0.3 is 0 Å². The molecule has 0 aliphatic carbocycles. The minimum atomic E-state index is -0.160. The van der Waals surface area contributed by atoms with Gasteiger partial charge in [-0.05, 0) is 53.9 Å². The van der Waals surface area contributed by atoms with Crippen molar-refractivity contribution in [1.82, 2.24) is 20.4 Å². The fourth-order valence-corrected chi connectivity index (χ4v) is 2.94. The van der Waals surface area contributed by atoms with Gasteiger partial charge in [0.05, 0.1) is 5.54 Å². The molecule has 1 aliphatic rings. The molecule has 1 fully saturated rings. The van der Waals surface area contributed by atoms with Crippen molar-refractivity contribution in [3.8, 4) is 11.5 Å². The highest BCUT2D eigenvalue weighted by atomic mass is 79.9. The fraction of sp³-hybridized carbons (Fsp3) is 0.462. The Morgan fingerprint density at radius 1 is 1.53 bits per heavy atom. The van der Waals surface area contributed by atoms with Crippen molar-refractivity contribution in [3.63, 3.8) is 0 Å². The van der Waals surface area contributed by atoms with E-state index in [2.05, 4.69) is 43.3 Å². The smallest absolute Gasteiger partial charge is 0.247 e. The zero-order valence-corrected chi connectivity index (χ0v) is 12.3. The lowest BCUT2D eigenvalue weighted by atomic mass is 9.94. The second-order valence-electron chi connectivity index (χ2n) is 4.72. The van der Waals surface area contributed by atoms with Gasteiger partial charge in [-0.1, -0.05) is 12.1 Å². The van der Waals surface area contributed by atoms with E-state index in [0.717, 1.165) is 30.3 Å². The van der Waals surface area contributed by atoms with Crippen molar-refractivity contribution in [2.45, 2.75) is 31.7 Å². The van der Waals surface area contributed by atoms with E-state index in [1.807, 2.05) is 12.1 Å². The summed E-state index contributed by atoms with van der Waals surface area (Å²) < 4.78 is 6.34. The molecule has 3 rings (SSSR count). The maximum atomic E-state index is 5.47. The molecule has 19 heavy (non-hydrogen) atoms. The van der Waals surface area contributed by atoms with E-state index in [-0.39, 0.29) is 5.54 Å². The molecule has 5 nitrogen and oxygen atoms in total. The Morgan fingerprint density at radius 2 is 2.42 bits per heavy atom. The lowest BCUT2D eigenvalue weighted by Gasteiger charge is -2.22. The van der Waals surface area contributed by atoms with Gasteiger partial charge in [-0.15, -0.1) is 0 Å². The third kappa shape index (κ3) is 2.19. The molecule has 0 amide bonds. The quantitative estimate of drug-likeness (QED) is 0.941. The van der Waals surface area contributed by atoms with Crippen LogP contribution >= 0.6 is 15.9 Å². The average molecular weight is 323 g/mol. The van der Waals surface area contributed by atoms with Crippen LogP contribution in [0.25, 0.3) is 11.5 Å². The normalized spacial score (nSPS) is 22.8.